The van der Waals surface area contributed by atoms with Crippen LogP contribution >= 0.6 is 7.52 Å². The van der Waals surface area contributed by atoms with Crippen molar-refractivity contribution in [3.8, 4) is 0 Å². The molecule has 0 bridgehead atoms. The van der Waals surface area contributed by atoms with E-state index in [2.05, 4.69) is 25.9 Å². The van der Waals surface area contributed by atoms with Crippen molar-refractivity contribution >= 4 is 18.5 Å². The van der Waals surface area contributed by atoms with E-state index in [1.54, 1.807) is 0 Å². The van der Waals surface area contributed by atoms with E-state index >= 15 is 0 Å². The average Bonchev–Trinajstić information content (AvgIpc) is 2.63. The number of nitrogens with one attached hydrogen (secondary N) is 1. The van der Waals surface area contributed by atoms with E-state index in [1.807, 2.05) is 60.7 Å². The van der Waals surface area contributed by atoms with E-state index in [9.17, 15) is 4.57 Å². The molecule has 26 heavy (non-hydrogen) atoms. The van der Waals surface area contributed by atoms with Crippen LogP contribution in [0.4, 0.5) is 5.69 Å². The molecule has 140 valence electrons. The van der Waals surface area contributed by atoms with Crippen molar-refractivity contribution in [3.05, 3.63) is 60.7 Å². The van der Waals surface area contributed by atoms with Gasteiger partial charge in [0.2, 0.25) is 0 Å². The first-order chi connectivity index (χ1) is 12.5. The Morgan fingerprint density at radius 1 is 1.00 bits per heavy atom. The number of hydrogen-bond acceptors (Lipinski definition) is 2. The van der Waals surface area contributed by atoms with Gasteiger partial charge >= 0.3 is 7.52 Å². The smallest absolute Gasteiger partial charge is 0.312 e. The molecule has 4 atom stereocenters. The van der Waals surface area contributed by atoms with Gasteiger partial charge in [0.15, 0.2) is 0 Å². The zero-order chi connectivity index (χ0) is 18.6. The van der Waals surface area contributed by atoms with Gasteiger partial charge in [0.05, 0.1) is 11.4 Å². The van der Waals surface area contributed by atoms with Crippen LogP contribution in [0.25, 0.3) is 0 Å². The van der Waals surface area contributed by atoms with Crippen LogP contribution in [0.1, 0.15) is 40.0 Å². The molecule has 3 rings (SSSR count). The molecule has 4 heteroatoms. The molecule has 0 radical (unpaired) electrons. The van der Waals surface area contributed by atoms with Crippen LogP contribution in [-0.4, -0.2) is 6.10 Å². The molecular formula is C22H30NO2P. The first kappa shape index (κ1) is 19.2. The number of hydrogen-bond donors (Lipinski definition) is 1. The van der Waals surface area contributed by atoms with Gasteiger partial charge in [-0.25, -0.2) is 0 Å². The van der Waals surface area contributed by atoms with E-state index < -0.39 is 7.52 Å². The van der Waals surface area contributed by atoms with Crippen LogP contribution in [0, 0.1) is 17.8 Å². The summed E-state index contributed by atoms with van der Waals surface area (Å²) in [4.78, 5) is 0. The van der Waals surface area contributed by atoms with Crippen LogP contribution in [0.5, 0.6) is 0 Å². The maximum Gasteiger partial charge on any atom is 0.324 e. The Kier molecular flexibility index (Phi) is 6.21. The predicted molar refractivity (Wildman–Crippen MR) is 110 cm³/mol. The SMILES string of the molecule is CC1CCC(C(C)C)C(OP(=O)(Nc2ccccc2)c2ccccc2)C1. The standard InChI is InChI=1S/C22H30NO2P/c1-17(2)21-15-14-18(3)16-22(21)25-26(24,20-12-8-5-9-13-20)23-19-10-6-4-7-11-19/h4-13,17-18,21-22H,14-16H2,1-3H3,(H,23,24). The monoisotopic (exact) mass is 371 g/mol. The summed E-state index contributed by atoms with van der Waals surface area (Å²) in [5.41, 5.74) is 0.824. The zero-order valence-electron chi connectivity index (χ0n) is 16.0. The second-order valence-corrected chi connectivity index (χ2v) is 9.89. The van der Waals surface area contributed by atoms with Crippen molar-refractivity contribution in [2.45, 2.75) is 46.1 Å². The third-order valence-corrected chi connectivity index (χ3v) is 7.49. The highest BCUT2D eigenvalue weighted by Gasteiger charge is 2.38. The Hall–Kier alpha value is -1.57. The Morgan fingerprint density at radius 2 is 1.62 bits per heavy atom. The minimum Gasteiger partial charge on any atom is -0.312 e. The summed E-state index contributed by atoms with van der Waals surface area (Å²) in [6.45, 7) is 6.76. The van der Waals surface area contributed by atoms with E-state index in [1.165, 1.54) is 6.42 Å². The summed E-state index contributed by atoms with van der Waals surface area (Å²) in [6, 6.07) is 19.3. The van der Waals surface area contributed by atoms with Crippen molar-refractivity contribution in [2.24, 2.45) is 17.8 Å². The molecule has 2 aromatic carbocycles. The minimum atomic E-state index is -3.22. The van der Waals surface area contributed by atoms with Gasteiger partial charge < -0.3 is 9.61 Å². The molecule has 1 aliphatic rings. The molecule has 1 N–H and O–H groups in total. The van der Waals surface area contributed by atoms with Gasteiger partial charge in [0, 0.05) is 5.69 Å². The maximum atomic E-state index is 14.0. The first-order valence-corrected chi connectivity index (χ1v) is 11.3. The number of rotatable bonds is 6. The lowest BCUT2D eigenvalue weighted by Gasteiger charge is -2.39. The predicted octanol–water partition coefficient (Wildman–Crippen LogP) is 6.09. The average molecular weight is 371 g/mol. The van der Waals surface area contributed by atoms with Gasteiger partial charge in [-0.15, -0.1) is 0 Å². The summed E-state index contributed by atoms with van der Waals surface area (Å²) in [5, 5.41) is 3.95. The highest BCUT2D eigenvalue weighted by Crippen LogP contribution is 2.50. The van der Waals surface area contributed by atoms with Crippen molar-refractivity contribution in [3.63, 3.8) is 0 Å². The van der Waals surface area contributed by atoms with Crippen LogP contribution in [0.3, 0.4) is 0 Å². The van der Waals surface area contributed by atoms with Crippen molar-refractivity contribution < 1.29 is 9.09 Å². The lowest BCUT2D eigenvalue weighted by Crippen LogP contribution is -2.35. The summed E-state index contributed by atoms with van der Waals surface area (Å²) in [7, 11) is -3.22. The molecule has 0 saturated heterocycles. The molecule has 0 spiro atoms. The molecule has 0 aromatic heterocycles. The molecular weight excluding hydrogens is 341 g/mol. The van der Waals surface area contributed by atoms with Crippen molar-refractivity contribution in [1.82, 2.24) is 0 Å². The highest BCUT2D eigenvalue weighted by atomic mass is 31.2. The van der Waals surface area contributed by atoms with E-state index in [4.69, 9.17) is 4.52 Å². The third-order valence-electron chi connectivity index (χ3n) is 5.39. The Labute approximate surface area is 157 Å². The molecule has 4 unspecified atom stereocenters. The fourth-order valence-electron chi connectivity index (χ4n) is 3.89. The van der Waals surface area contributed by atoms with E-state index in [-0.39, 0.29) is 6.10 Å². The largest absolute Gasteiger partial charge is 0.324 e. The maximum absolute atomic E-state index is 14.0. The molecule has 3 nitrogen and oxygen atoms in total. The normalized spacial score (nSPS) is 25.6. The topological polar surface area (TPSA) is 38.3 Å². The van der Waals surface area contributed by atoms with Gasteiger partial charge in [0.25, 0.3) is 0 Å². The summed E-state index contributed by atoms with van der Waals surface area (Å²) in [5.74, 6) is 1.57. The Balaban J connectivity index is 1.91. The van der Waals surface area contributed by atoms with E-state index in [0.717, 1.165) is 23.8 Å². The fourth-order valence-corrected chi connectivity index (χ4v) is 5.87. The number of anilines is 1. The summed E-state index contributed by atoms with van der Waals surface area (Å²) >= 11 is 0. The van der Waals surface area contributed by atoms with Gasteiger partial charge in [-0.1, -0.05) is 63.6 Å². The molecule has 2 aromatic rings. The third kappa shape index (κ3) is 4.58. The van der Waals surface area contributed by atoms with Gasteiger partial charge in [-0.2, -0.15) is 0 Å². The molecule has 1 aliphatic carbocycles. The Morgan fingerprint density at radius 3 is 2.23 bits per heavy atom. The lowest BCUT2D eigenvalue weighted by molar-refractivity contribution is 0.0506. The second-order valence-electron chi connectivity index (χ2n) is 7.83. The van der Waals surface area contributed by atoms with Crippen molar-refractivity contribution in [1.29, 1.82) is 0 Å². The Bertz CT molecular complexity index is 732. The molecule has 0 aliphatic heterocycles. The second kappa shape index (κ2) is 8.41. The van der Waals surface area contributed by atoms with Crippen LogP contribution in [0.2, 0.25) is 0 Å². The number of benzene rings is 2. The van der Waals surface area contributed by atoms with Crippen LogP contribution in [-0.2, 0) is 9.09 Å². The fraction of sp³-hybridized carbons (Fsp3) is 0.455. The molecule has 1 fully saturated rings. The van der Waals surface area contributed by atoms with Gasteiger partial charge in [0.1, 0.15) is 0 Å². The van der Waals surface area contributed by atoms with E-state index in [0.29, 0.717) is 17.8 Å². The highest BCUT2D eigenvalue weighted by molar-refractivity contribution is 7.68. The molecule has 0 amide bonds. The van der Waals surface area contributed by atoms with Crippen molar-refractivity contribution in [2.75, 3.05) is 5.09 Å². The lowest BCUT2D eigenvalue weighted by atomic mass is 9.75. The number of para-hydroxylation sites is 1. The minimum absolute atomic E-state index is 0.0148. The summed E-state index contributed by atoms with van der Waals surface area (Å²) in [6.07, 6.45) is 3.35. The molecule has 0 heterocycles. The zero-order valence-corrected chi connectivity index (χ0v) is 16.9. The van der Waals surface area contributed by atoms with Gasteiger partial charge in [-0.3, -0.25) is 4.57 Å². The quantitative estimate of drug-likeness (QED) is 0.624. The van der Waals surface area contributed by atoms with Crippen LogP contribution < -0.4 is 10.4 Å². The van der Waals surface area contributed by atoms with Gasteiger partial charge in [-0.05, 0) is 54.9 Å². The van der Waals surface area contributed by atoms with Crippen LogP contribution in [0.15, 0.2) is 60.7 Å². The first-order valence-electron chi connectivity index (χ1n) is 9.65. The summed E-state index contributed by atoms with van der Waals surface area (Å²) < 4.78 is 20.5. The molecule has 1 saturated carbocycles.